The third kappa shape index (κ3) is 4.11. The van der Waals surface area contributed by atoms with Crippen molar-refractivity contribution in [2.24, 2.45) is 5.92 Å². The molecule has 0 saturated carbocycles. The highest BCUT2D eigenvalue weighted by atomic mass is 35.5. The van der Waals surface area contributed by atoms with Crippen LogP contribution in [-0.2, 0) is 6.42 Å². The second-order valence-corrected chi connectivity index (χ2v) is 7.07. The second kappa shape index (κ2) is 7.98. The Hall–Kier alpha value is -2.24. The Labute approximate surface area is 157 Å². The van der Waals surface area contributed by atoms with E-state index in [9.17, 15) is 0 Å². The maximum absolute atomic E-state index is 6.21. The van der Waals surface area contributed by atoms with Crippen molar-refractivity contribution in [3.8, 4) is 5.88 Å². The zero-order valence-corrected chi connectivity index (χ0v) is 15.2. The second-order valence-electron chi connectivity index (χ2n) is 6.67. The van der Waals surface area contributed by atoms with Gasteiger partial charge in [0.05, 0.1) is 18.5 Å². The van der Waals surface area contributed by atoms with Gasteiger partial charge in [-0.05, 0) is 49.4 Å². The monoisotopic (exact) mass is 368 g/mol. The first kappa shape index (κ1) is 17.2. The van der Waals surface area contributed by atoms with Crippen molar-refractivity contribution in [1.82, 2.24) is 20.3 Å². The molecule has 0 amide bonds. The van der Waals surface area contributed by atoms with Crippen molar-refractivity contribution < 1.29 is 4.74 Å². The molecule has 1 N–H and O–H groups in total. The van der Waals surface area contributed by atoms with E-state index in [0.717, 1.165) is 53.1 Å². The van der Waals surface area contributed by atoms with E-state index in [1.807, 2.05) is 30.5 Å². The standard InChI is InChI=1S/C20H21ClN4O/c21-19-3-1-2-15-8-16(24-11-18(15)19)9-17-10-23-12-20(25-17)26-13-14-4-6-22-7-5-14/h1-3,8,10-12,14,22H,4-7,9,13H2. The van der Waals surface area contributed by atoms with Gasteiger partial charge in [-0.3, -0.25) is 9.97 Å². The molecule has 3 heterocycles. The molecule has 6 heteroatoms. The van der Waals surface area contributed by atoms with Crippen LogP contribution in [0.4, 0.5) is 0 Å². The van der Waals surface area contributed by atoms with Gasteiger partial charge in [0.25, 0.3) is 0 Å². The zero-order valence-electron chi connectivity index (χ0n) is 14.5. The number of rotatable bonds is 5. The molecule has 1 saturated heterocycles. The van der Waals surface area contributed by atoms with Gasteiger partial charge in [0.2, 0.25) is 5.88 Å². The largest absolute Gasteiger partial charge is 0.476 e. The highest BCUT2D eigenvalue weighted by molar-refractivity contribution is 6.35. The van der Waals surface area contributed by atoms with Gasteiger partial charge in [-0.25, -0.2) is 4.98 Å². The normalized spacial score (nSPS) is 15.3. The first-order valence-electron chi connectivity index (χ1n) is 8.95. The van der Waals surface area contributed by atoms with Crippen LogP contribution in [0.15, 0.2) is 42.9 Å². The number of nitrogens with one attached hydrogen (secondary N) is 1. The number of ether oxygens (including phenoxy) is 1. The molecule has 0 atom stereocenters. The predicted molar refractivity (Wildman–Crippen MR) is 103 cm³/mol. The van der Waals surface area contributed by atoms with Crippen molar-refractivity contribution in [2.75, 3.05) is 19.7 Å². The summed E-state index contributed by atoms with van der Waals surface area (Å²) >= 11 is 6.21. The Balaban J connectivity index is 1.44. The van der Waals surface area contributed by atoms with Gasteiger partial charge in [0, 0.05) is 34.9 Å². The highest BCUT2D eigenvalue weighted by Crippen LogP contribution is 2.23. The number of benzene rings is 1. The number of hydrogen-bond donors (Lipinski definition) is 1. The molecule has 2 aromatic heterocycles. The summed E-state index contributed by atoms with van der Waals surface area (Å²) in [6, 6.07) is 7.91. The summed E-state index contributed by atoms with van der Waals surface area (Å²) in [4.78, 5) is 13.4. The number of piperidine rings is 1. The van der Waals surface area contributed by atoms with Crippen LogP contribution in [0.2, 0.25) is 5.02 Å². The Morgan fingerprint density at radius 1 is 1.12 bits per heavy atom. The summed E-state index contributed by atoms with van der Waals surface area (Å²) in [7, 11) is 0. The average Bonchev–Trinajstić information content (AvgIpc) is 2.68. The number of hydrogen-bond acceptors (Lipinski definition) is 5. The minimum Gasteiger partial charge on any atom is -0.476 e. The van der Waals surface area contributed by atoms with E-state index in [-0.39, 0.29) is 0 Å². The van der Waals surface area contributed by atoms with Crippen molar-refractivity contribution >= 4 is 22.4 Å². The summed E-state index contributed by atoms with van der Waals surface area (Å²) in [5.41, 5.74) is 1.78. The number of halogens is 1. The van der Waals surface area contributed by atoms with Crippen LogP contribution in [0.1, 0.15) is 24.2 Å². The lowest BCUT2D eigenvalue weighted by Gasteiger charge is -2.22. The molecule has 3 aromatic rings. The number of aromatic nitrogens is 3. The van der Waals surface area contributed by atoms with E-state index in [1.165, 1.54) is 0 Å². The van der Waals surface area contributed by atoms with Crippen LogP contribution >= 0.6 is 11.6 Å². The van der Waals surface area contributed by atoms with E-state index < -0.39 is 0 Å². The summed E-state index contributed by atoms with van der Waals surface area (Å²) in [6.07, 6.45) is 8.17. The summed E-state index contributed by atoms with van der Waals surface area (Å²) in [6.45, 7) is 2.83. The van der Waals surface area contributed by atoms with E-state index >= 15 is 0 Å². The lowest BCUT2D eigenvalue weighted by Crippen LogP contribution is -2.30. The molecule has 1 aliphatic heterocycles. The molecule has 5 nitrogen and oxygen atoms in total. The summed E-state index contributed by atoms with van der Waals surface area (Å²) in [5.74, 6) is 1.18. The van der Waals surface area contributed by atoms with Crippen LogP contribution in [0.3, 0.4) is 0 Å². The van der Waals surface area contributed by atoms with Gasteiger partial charge in [0.15, 0.2) is 0 Å². The van der Waals surface area contributed by atoms with Gasteiger partial charge in [0.1, 0.15) is 0 Å². The molecule has 1 aromatic carbocycles. The molecule has 134 valence electrons. The first-order valence-corrected chi connectivity index (χ1v) is 9.33. The highest BCUT2D eigenvalue weighted by Gasteiger charge is 2.14. The lowest BCUT2D eigenvalue weighted by molar-refractivity contribution is 0.208. The average molecular weight is 369 g/mol. The van der Waals surface area contributed by atoms with Crippen LogP contribution in [0.25, 0.3) is 10.8 Å². The summed E-state index contributed by atoms with van der Waals surface area (Å²) in [5, 5.41) is 6.12. The molecular formula is C20H21ClN4O. The fraction of sp³-hybridized carbons (Fsp3) is 0.350. The van der Waals surface area contributed by atoms with Crippen molar-refractivity contribution in [1.29, 1.82) is 0 Å². The topological polar surface area (TPSA) is 59.9 Å². The van der Waals surface area contributed by atoms with Crippen molar-refractivity contribution in [3.63, 3.8) is 0 Å². The van der Waals surface area contributed by atoms with E-state index in [2.05, 4.69) is 20.3 Å². The molecule has 0 unspecified atom stereocenters. The Morgan fingerprint density at radius 3 is 2.88 bits per heavy atom. The Bertz CT molecular complexity index is 896. The zero-order chi connectivity index (χ0) is 17.8. The Morgan fingerprint density at radius 2 is 2.00 bits per heavy atom. The number of fused-ring (bicyclic) bond motifs is 1. The van der Waals surface area contributed by atoms with E-state index in [4.69, 9.17) is 16.3 Å². The molecule has 4 rings (SSSR count). The minimum atomic E-state index is 0.588. The van der Waals surface area contributed by atoms with Crippen LogP contribution in [0, 0.1) is 5.92 Å². The molecule has 26 heavy (non-hydrogen) atoms. The quantitative estimate of drug-likeness (QED) is 0.744. The Kier molecular flexibility index (Phi) is 5.27. The van der Waals surface area contributed by atoms with Crippen LogP contribution in [0.5, 0.6) is 5.88 Å². The summed E-state index contributed by atoms with van der Waals surface area (Å²) < 4.78 is 5.87. The molecule has 1 fully saturated rings. The third-order valence-electron chi connectivity index (χ3n) is 4.72. The number of pyridine rings is 1. The van der Waals surface area contributed by atoms with Crippen molar-refractivity contribution in [3.05, 3.63) is 59.3 Å². The smallest absolute Gasteiger partial charge is 0.232 e. The van der Waals surface area contributed by atoms with Gasteiger partial charge < -0.3 is 10.1 Å². The maximum atomic E-state index is 6.21. The van der Waals surface area contributed by atoms with Gasteiger partial charge in [-0.1, -0.05) is 23.7 Å². The molecule has 0 spiro atoms. The van der Waals surface area contributed by atoms with Gasteiger partial charge >= 0.3 is 0 Å². The van der Waals surface area contributed by atoms with Gasteiger partial charge in [-0.2, -0.15) is 0 Å². The maximum Gasteiger partial charge on any atom is 0.232 e. The predicted octanol–water partition coefficient (Wildman–Crippen LogP) is 3.65. The molecule has 0 aliphatic carbocycles. The van der Waals surface area contributed by atoms with Gasteiger partial charge in [-0.15, -0.1) is 0 Å². The first-order chi connectivity index (χ1) is 12.8. The third-order valence-corrected chi connectivity index (χ3v) is 5.05. The molecular weight excluding hydrogens is 348 g/mol. The minimum absolute atomic E-state index is 0.588. The SMILES string of the molecule is Clc1cccc2cc(Cc3cncc(OCC4CCNCC4)n3)ncc12. The van der Waals surface area contributed by atoms with Crippen molar-refractivity contribution in [2.45, 2.75) is 19.3 Å². The number of nitrogens with zero attached hydrogens (tertiary/aromatic N) is 3. The van der Waals surface area contributed by atoms with Crippen LogP contribution < -0.4 is 10.1 Å². The van der Waals surface area contributed by atoms with Crippen LogP contribution in [-0.4, -0.2) is 34.6 Å². The lowest BCUT2D eigenvalue weighted by atomic mass is 9.99. The van der Waals surface area contributed by atoms with E-state index in [1.54, 1.807) is 12.4 Å². The molecule has 0 radical (unpaired) electrons. The molecule has 0 bridgehead atoms. The fourth-order valence-electron chi connectivity index (χ4n) is 3.25. The molecule has 1 aliphatic rings. The fourth-order valence-corrected chi connectivity index (χ4v) is 3.49. The van der Waals surface area contributed by atoms with E-state index in [0.29, 0.717) is 24.8 Å².